The van der Waals surface area contributed by atoms with Gasteiger partial charge in [-0.25, -0.2) is 0 Å². The van der Waals surface area contributed by atoms with Gasteiger partial charge in [0, 0.05) is 54.9 Å². The summed E-state index contributed by atoms with van der Waals surface area (Å²) in [5, 5.41) is 14.0. The number of nitrogens with one attached hydrogen (secondary N) is 1. The minimum Gasteiger partial charge on any atom is -0.387 e. The lowest BCUT2D eigenvalue weighted by atomic mass is 9.87. The first-order chi connectivity index (χ1) is 16.2. The molecule has 1 aromatic heterocycles. The third-order valence-corrected chi connectivity index (χ3v) is 8.21. The number of likely N-dealkylation sites (tertiary alicyclic amines) is 1. The van der Waals surface area contributed by atoms with Gasteiger partial charge in [-0.3, -0.25) is 14.5 Å². The molecule has 0 radical (unpaired) electrons. The highest BCUT2D eigenvalue weighted by Crippen LogP contribution is 2.38. The molecule has 2 unspecified atom stereocenters. The van der Waals surface area contributed by atoms with Crippen LogP contribution in [0, 0.1) is 5.92 Å². The Labute approximate surface area is 205 Å². The Morgan fingerprint density at radius 1 is 1.21 bits per heavy atom. The lowest BCUT2D eigenvalue weighted by Crippen LogP contribution is -2.46. The average Bonchev–Trinajstić information content (AvgIpc) is 2.97. The maximum atomic E-state index is 12.6. The maximum absolute atomic E-state index is 12.6. The SMILES string of the molecule is CN(C)C1CCN(Cc2cc3cc4c(cc3n2C)CCCC2=C4NC(=O)C(C(=O)Cl)C2O)CC1. The lowest BCUT2D eigenvalue weighted by molar-refractivity contribution is -0.133. The third kappa shape index (κ3) is 4.09. The summed E-state index contributed by atoms with van der Waals surface area (Å²) in [7, 11) is 6.45. The second kappa shape index (κ2) is 9.11. The molecule has 0 bridgehead atoms. The molecule has 3 aliphatic rings. The number of aliphatic hydroxyl groups is 1. The van der Waals surface area contributed by atoms with Crippen LogP contribution in [0.4, 0.5) is 0 Å². The normalized spacial score (nSPS) is 24.2. The highest BCUT2D eigenvalue weighted by Gasteiger charge is 2.41. The fraction of sp³-hybridized carbons (Fsp3) is 0.538. The number of piperidine rings is 1. The Bertz CT molecular complexity index is 1180. The Morgan fingerprint density at radius 3 is 2.62 bits per heavy atom. The number of halogens is 1. The molecule has 0 saturated carbocycles. The first-order valence-corrected chi connectivity index (χ1v) is 12.5. The van der Waals surface area contributed by atoms with Crippen LogP contribution in [0.15, 0.2) is 23.8 Å². The molecule has 182 valence electrons. The summed E-state index contributed by atoms with van der Waals surface area (Å²) in [4.78, 5) is 29.2. The van der Waals surface area contributed by atoms with Crippen molar-refractivity contribution in [2.24, 2.45) is 13.0 Å². The number of nitrogens with zero attached hydrogens (tertiary/aromatic N) is 3. The highest BCUT2D eigenvalue weighted by molar-refractivity contribution is 6.65. The largest absolute Gasteiger partial charge is 0.387 e. The zero-order valence-electron chi connectivity index (χ0n) is 20.1. The van der Waals surface area contributed by atoms with Crippen LogP contribution in [-0.4, -0.2) is 70.0 Å². The number of hydrogen-bond donors (Lipinski definition) is 2. The standard InChI is InChI=1S/C26H33ClN4O3/c1-29(2)17-7-9-31(10-8-17)14-18-11-16-12-20-15(13-21(16)30(18)3)5-4-6-19-23(20)28-26(34)22(24(19)32)25(27)33/h11-13,17,22,24,32H,4-10,14H2,1-3H3,(H,28,34). The molecule has 1 amide bonds. The summed E-state index contributed by atoms with van der Waals surface area (Å²) in [5.41, 5.74) is 5.90. The van der Waals surface area contributed by atoms with Crippen molar-refractivity contribution in [3.8, 4) is 0 Å². The smallest absolute Gasteiger partial charge is 0.239 e. The number of carbonyl (C=O) groups is 2. The van der Waals surface area contributed by atoms with Crippen molar-refractivity contribution >= 4 is 39.4 Å². The summed E-state index contributed by atoms with van der Waals surface area (Å²) < 4.78 is 2.28. The molecule has 3 heterocycles. The predicted octanol–water partition coefficient (Wildman–Crippen LogP) is 2.62. The molecule has 1 fully saturated rings. The summed E-state index contributed by atoms with van der Waals surface area (Å²) in [5.74, 6) is -1.78. The van der Waals surface area contributed by atoms with Crippen LogP contribution in [0.3, 0.4) is 0 Å². The van der Waals surface area contributed by atoms with Crippen LogP contribution in [0.25, 0.3) is 16.6 Å². The molecule has 34 heavy (non-hydrogen) atoms. The van der Waals surface area contributed by atoms with E-state index in [1.54, 1.807) is 0 Å². The van der Waals surface area contributed by atoms with E-state index in [2.05, 4.69) is 59.0 Å². The molecule has 8 heteroatoms. The van der Waals surface area contributed by atoms with Gasteiger partial charge in [0.1, 0.15) is 5.92 Å². The summed E-state index contributed by atoms with van der Waals surface area (Å²) in [6.07, 6.45) is 3.51. The molecular formula is C26H33ClN4O3. The van der Waals surface area contributed by atoms with Crippen LogP contribution >= 0.6 is 11.6 Å². The molecule has 2 aliphatic heterocycles. The van der Waals surface area contributed by atoms with Gasteiger partial charge in [-0.1, -0.05) is 0 Å². The number of aliphatic hydroxyl groups excluding tert-OH is 1. The maximum Gasteiger partial charge on any atom is 0.239 e. The minimum absolute atomic E-state index is 0.533. The molecule has 1 saturated heterocycles. The van der Waals surface area contributed by atoms with Crippen LogP contribution in [0.1, 0.15) is 42.5 Å². The fourth-order valence-corrected chi connectivity index (χ4v) is 6.10. The number of rotatable bonds is 4. The number of carbonyl (C=O) groups excluding carboxylic acids is 2. The minimum atomic E-state index is -1.24. The number of hydrogen-bond acceptors (Lipinski definition) is 5. The van der Waals surface area contributed by atoms with Gasteiger partial charge < -0.3 is 19.9 Å². The quantitative estimate of drug-likeness (QED) is 0.515. The zero-order chi connectivity index (χ0) is 24.1. The molecule has 1 aromatic carbocycles. The Morgan fingerprint density at radius 2 is 1.94 bits per heavy atom. The molecule has 5 rings (SSSR count). The van der Waals surface area contributed by atoms with Crippen molar-refractivity contribution in [1.82, 2.24) is 19.7 Å². The van der Waals surface area contributed by atoms with Crippen molar-refractivity contribution < 1.29 is 14.7 Å². The molecule has 0 spiro atoms. The van der Waals surface area contributed by atoms with E-state index in [4.69, 9.17) is 11.6 Å². The Hall–Kier alpha value is -2.19. The van der Waals surface area contributed by atoms with Gasteiger partial charge in [-0.2, -0.15) is 0 Å². The number of aromatic nitrogens is 1. The number of fused-ring (bicyclic) bond motifs is 3. The Kier molecular flexibility index (Phi) is 6.31. The molecular weight excluding hydrogens is 452 g/mol. The monoisotopic (exact) mass is 484 g/mol. The predicted molar refractivity (Wildman–Crippen MR) is 133 cm³/mol. The van der Waals surface area contributed by atoms with Gasteiger partial charge in [0.15, 0.2) is 0 Å². The summed E-state index contributed by atoms with van der Waals surface area (Å²) in [6, 6.07) is 7.25. The summed E-state index contributed by atoms with van der Waals surface area (Å²) >= 11 is 5.63. The van der Waals surface area contributed by atoms with Crippen LogP contribution in [0.2, 0.25) is 0 Å². The van der Waals surface area contributed by atoms with Crippen molar-refractivity contribution in [3.63, 3.8) is 0 Å². The van der Waals surface area contributed by atoms with E-state index in [-0.39, 0.29) is 0 Å². The van der Waals surface area contributed by atoms with Crippen molar-refractivity contribution in [2.45, 2.75) is 50.8 Å². The molecule has 7 nitrogen and oxygen atoms in total. The van der Waals surface area contributed by atoms with E-state index in [9.17, 15) is 14.7 Å². The first-order valence-electron chi connectivity index (χ1n) is 12.2. The topological polar surface area (TPSA) is 77.8 Å². The van der Waals surface area contributed by atoms with Crippen molar-refractivity contribution in [3.05, 3.63) is 40.6 Å². The fourth-order valence-electron chi connectivity index (χ4n) is 5.88. The van der Waals surface area contributed by atoms with Gasteiger partial charge in [-0.15, -0.1) is 0 Å². The molecule has 2 atom stereocenters. The van der Waals surface area contributed by atoms with E-state index >= 15 is 0 Å². The number of amides is 1. The average molecular weight is 485 g/mol. The first kappa shape index (κ1) is 23.5. The second-order valence-electron chi connectivity index (χ2n) is 10.2. The van der Waals surface area contributed by atoms with Gasteiger partial charge >= 0.3 is 0 Å². The number of aryl methyl sites for hydroxylation is 2. The second-order valence-corrected chi connectivity index (χ2v) is 10.6. The van der Waals surface area contributed by atoms with Gasteiger partial charge in [0.05, 0.1) is 11.8 Å². The van der Waals surface area contributed by atoms with Crippen LogP contribution in [0.5, 0.6) is 0 Å². The molecule has 2 N–H and O–H groups in total. The highest BCUT2D eigenvalue weighted by atomic mass is 35.5. The van der Waals surface area contributed by atoms with Crippen molar-refractivity contribution in [1.29, 1.82) is 0 Å². The lowest BCUT2D eigenvalue weighted by Gasteiger charge is -2.35. The van der Waals surface area contributed by atoms with Crippen molar-refractivity contribution in [2.75, 3.05) is 27.2 Å². The Balaban J connectivity index is 1.47. The van der Waals surface area contributed by atoms with Gasteiger partial charge in [-0.05, 0) is 87.1 Å². The third-order valence-electron chi connectivity index (χ3n) is 7.97. The number of benzene rings is 1. The molecule has 1 aliphatic carbocycles. The summed E-state index contributed by atoms with van der Waals surface area (Å²) in [6.45, 7) is 3.11. The zero-order valence-corrected chi connectivity index (χ0v) is 20.9. The van der Waals surface area contributed by atoms with Crippen LogP contribution in [-0.2, 0) is 29.6 Å². The molecule has 2 aromatic rings. The van der Waals surface area contributed by atoms with Gasteiger partial charge in [0.25, 0.3) is 0 Å². The van der Waals surface area contributed by atoms with E-state index in [0.29, 0.717) is 23.7 Å². The van der Waals surface area contributed by atoms with E-state index < -0.39 is 23.2 Å². The van der Waals surface area contributed by atoms with E-state index in [1.807, 2.05) is 0 Å². The van der Waals surface area contributed by atoms with E-state index in [1.165, 1.54) is 24.1 Å². The van der Waals surface area contributed by atoms with E-state index in [0.717, 1.165) is 49.0 Å². The van der Waals surface area contributed by atoms with Gasteiger partial charge in [0.2, 0.25) is 11.1 Å². The van der Waals surface area contributed by atoms with Crippen LogP contribution < -0.4 is 5.32 Å².